The average Bonchev–Trinajstić information content (AvgIpc) is 3.13. The van der Waals surface area contributed by atoms with Gasteiger partial charge in [-0.3, -0.25) is 9.69 Å². The van der Waals surface area contributed by atoms with Crippen LogP contribution in [0, 0.1) is 0 Å². The smallest absolute Gasteiger partial charge is 0.194 e. The second kappa shape index (κ2) is 8.91. The van der Waals surface area contributed by atoms with Crippen LogP contribution in [0.4, 0.5) is 0 Å². The van der Waals surface area contributed by atoms with Gasteiger partial charge < -0.3 is 4.74 Å². The minimum atomic E-state index is 0.0960. The topological polar surface area (TPSA) is 29.5 Å². The van der Waals surface area contributed by atoms with Crippen molar-refractivity contribution >= 4 is 16.9 Å². The zero-order valence-electron chi connectivity index (χ0n) is 17.7. The molecule has 3 heteroatoms. The summed E-state index contributed by atoms with van der Waals surface area (Å²) in [4.78, 5) is 15.7. The fraction of sp³-hybridized carbons (Fsp3) is 0.250. The third kappa shape index (κ3) is 4.06. The summed E-state index contributed by atoms with van der Waals surface area (Å²) >= 11 is 0. The van der Waals surface area contributed by atoms with E-state index in [0.29, 0.717) is 6.61 Å². The zero-order chi connectivity index (χ0) is 21.0. The van der Waals surface area contributed by atoms with Crippen LogP contribution in [0.1, 0.15) is 46.3 Å². The molecule has 31 heavy (non-hydrogen) atoms. The summed E-state index contributed by atoms with van der Waals surface area (Å²) in [6, 6.07) is 26.0. The van der Waals surface area contributed by atoms with Gasteiger partial charge in [0.15, 0.2) is 5.78 Å². The van der Waals surface area contributed by atoms with Crippen molar-refractivity contribution in [1.29, 1.82) is 0 Å². The Morgan fingerprint density at radius 1 is 0.677 bits per heavy atom. The quantitative estimate of drug-likeness (QED) is 0.522. The number of rotatable bonds is 6. The maximum atomic E-state index is 13.3. The second-order valence-electron chi connectivity index (χ2n) is 8.27. The molecule has 0 radical (unpaired) electrons. The fourth-order valence-electron chi connectivity index (χ4n) is 4.66. The van der Waals surface area contributed by atoms with E-state index in [1.807, 2.05) is 66.7 Å². The van der Waals surface area contributed by atoms with Crippen molar-refractivity contribution in [3.8, 4) is 5.75 Å². The van der Waals surface area contributed by atoms with E-state index in [4.69, 9.17) is 4.74 Å². The van der Waals surface area contributed by atoms with E-state index in [1.165, 1.54) is 32.4 Å². The molecule has 0 aromatic heterocycles. The molecule has 0 unspecified atom stereocenters. The van der Waals surface area contributed by atoms with Crippen molar-refractivity contribution in [2.24, 2.45) is 0 Å². The number of hydrogen-bond donors (Lipinski definition) is 0. The van der Waals surface area contributed by atoms with Gasteiger partial charge in [0.05, 0.1) is 0 Å². The van der Waals surface area contributed by atoms with Crippen LogP contribution in [0.15, 0.2) is 78.9 Å². The summed E-state index contributed by atoms with van der Waals surface area (Å²) in [5.74, 6) is 0.971. The summed E-state index contributed by atoms with van der Waals surface area (Å²) in [5.41, 5.74) is 5.57. The third-order valence-electron chi connectivity index (χ3n) is 6.25. The molecular formula is C28H27NO2. The number of likely N-dealkylation sites (tertiary alicyclic amines) is 1. The molecule has 0 spiro atoms. The number of carbonyl (C=O) groups is 1. The maximum Gasteiger partial charge on any atom is 0.194 e. The van der Waals surface area contributed by atoms with Crippen molar-refractivity contribution in [2.45, 2.75) is 19.3 Å². The Hall–Kier alpha value is -3.17. The number of ether oxygens (including phenoxy) is 1. The van der Waals surface area contributed by atoms with Crippen LogP contribution < -0.4 is 4.74 Å². The molecule has 3 aromatic carbocycles. The van der Waals surface area contributed by atoms with Gasteiger partial charge in [0, 0.05) is 23.3 Å². The number of carbonyl (C=O) groups excluding carboxylic acids is 1. The van der Waals surface area contributed by atoms with Crippen molar-refractivity contribution < 1.29 is 9.53 Å². The Morgan fingerprint density at radius 3 is 2.06 bits per heavy atom. The Balaban J connectivity index is 1.40. The van der Waals surface area contributed by atoms with Crippen molar-refractivity contribution in [3.63, 3.8) is 0 Å². The number of fused-ring (bicyclic) bond motifs is 1. The highest BCUT2D eigenvalue weighted by Gasteiger charge is 2.30. The summed E-state index contributed by atoms with van der Waals surface area (Å²) < 4.78 is 6.00. The first kappa shape index (κ1) is 19.8. The van der Waals surface area contributed by atoms with Crippen LogP contribution in [0.3, 0.4) is 0 Å². The largest absolute Gasteiger partial charge is 0.492 e. The first-order valence-electron chi connectivity index (χ1n) is 11.2. The maximum absolute atomic E-state index is 13.3. The molecule has 0 N–H and O–H groups in total. The molecule has 2 aliphatic rings. The predicted octanol–water partition coefficient (Wildman–Crippen LogP) is 5.71. The van der Waals surface area contributed by atoms with E-state index in [9.17, 15) is 4.79 Å². The minimum Gasteiger partial charge on any atom is -0.492 e. The second-order valence-corrected chi connectivity index (χ2v) is 8.27. The molecule has 5 rings (SSSR count). The van der Waals surface area contributed by atoms with Gasteiger partial charge in [-0.25, -0.2) is 0 Å². The number of Topliss-reactive ketones (excluding diaryl/α,β-unsaturated/α-hetero) is 1. The van der Waals surface area contributed by atoms with E-state index in [2.05, 4.69) is 17.0 Å². The van der Waals surface area contributed by atoms with Crippen molar-refractivity contribution in [1.82, 2.24) is 4.90 Å². The van der Waals surface area contributed by atoms with E-state index in [-0.39, 0.29) is 5.78 Å². The summed E-state index contributed by atoms with van der Waals surface area (Å²) in [6.07, 6.45) is 3.95. The lowest BCUT2D eigenvalue weighted by Crippen LogP contribution is -2.33. The number of allylic oxidation sites excluding steroid dienone is 1. The van der Waals surface area contributed by atoms with Crippen molar-refractivity contribution in [2.75, 3.05) is 26.2 Å². The molecule has 1 fully saturated rings. The molecule has 1 heterocycles. The normalized spacial score (nSPS) is 16.5. The molecule has 1 aliphatic heterocycles. The first-order chi connectivity index (χ1) is 15.3. The number of nitrogens with zero attached hydrogens (tertiary/aromatic N) is 1. The molecule has 1 aliphatic carbocycles. The Bertz CT molecular complexity index is 1090. The molecular weight excluding hydrogens is 382 g/mol. The van der Waals surface area contributed by atoms with Crippen LogP contribution in [-0.4, -0.2) is 36.9 Å². The molecule has 156 valence electrons. The number of ketones is 1. The van der Waals surface area contributed by atoms with Gasteiger partial charge >= 0.3 is 0 Å². The SMILES string of the molecule is O=C1C(c2ccccc2)=C(c2ccc(OCCN3CCCCC3)cc2)c2ccccc21. The average molecular weight is 410 g/mol. The molecule has 0 amide bonds. The lowest BCUT2D eigenvalue weighted by molar-refractivity contribution is 0.105. The zero-order valence-corrected chi connectivity index (χ0v) is 17.7. The van der Waals surface area contributed by atoms with Crippen LogP contribution >= 0.6 is 0 Å². The van der Waals surface area contributed by atoms with Gasteiger partial charge in [0.2, 0.25) is 0 Å². The highest BCUT2D eigenvalue weighted by Crippen LogP contribution is 2.42. The van der Waals surface area contributed by atoms with Gasteiger partial charge in [-0.2, -0.15) is 0 Å². The lowest BCUT2D eigenvalue weighted by Gasteiger charge is -2.26. The van der Waals surface area contributed by atoms with E-state index in [0.717, 1.165) is 45.7 Å². The van der Waals surface area contributed by atoms with Crippen LogP contribution in [0.5, 0.6) is 5.75 Å². The van der Waals surface area contributed by atoms with Crippen molar-refractivity contribution in [3.05, 3.63) is 101 Å². The monoisotopic (exact) mass is 409 g/mol. The first-order valence-corrected chi connectivity index (χ1v) is 11.2. The molecule has 3 aromatic rings. The van der Waals surface area contributed by atoms with Crippen LogP contribution in [0.25, 0.3) is 11.1 Å². The predicted molar refractivity (Wildman–Crippen MR) is 125 cm³/mol. The Kier molecular flexibility index (Phi) is 5.68. The summed E-state index contributed by atoms with van der Waals surface area (Å²) in [7, 11) is 0. The van der Waals surface area contributed by atoms with Gasteiger partial charge in [-0.15, -0.1) is 0 Å². The lowest BCUT2D eigenvalue weighted by atomic mass is 9.94. The van der Waals surface area contributed by atoms with Gasteiger partial charge in [-0.05, 0) is 54.8 Å². The number of piperidine rings is 1. The molecule has 1 saturated heterocycles. The minimum absolute atomic E-state index is 0.0960. The molecule has 0 bridgehead atoms. The van der Waals surface area contributed by atoms with Gasteiger partial charge in [0.1, 0.15) is 12.4 Å². The van der Waals surface area contributed by atoms with Crippen LogP contribution in [0.2, 0.25) is 0 Å². The number of hydrogen-bond acceptors (Lipinski definition) is 3. The molecule has 3 nitrogen and oxygen atoms in total. The van der Waals surface area contributed by atoms with E-state index >= 15 is 0 Å². The highest BCUT2D eigenvalue weighted by atomic mass is 16.5. The standard InChI is InChI=1S/C28H27NO2/c30-28-25-12-6-5-11-24(25)26(27(28)21-9-3-1-4-10-21)22-13-15-23(16-14-22)31-20-19-29-17-7-2-8-18-29/h1,3-6,9-16H,2,7-8,17-20H2. The number of benzene rings is 3. The molecule has 0 saturated carbocycles. The summed E-state index contributed by atoms with van der Waals surface area (Å²) in [5, 5.41) is 0. The Morgan fingerprint density at radius 2 is 1.32 bits per heavy atom. The van der Waals surface area contributed by atoms with Crippen LogP contribution in [-0.2, 0) is 0 Å². The summed E-state index contributed by atoms with van der Waals surface area (Å²) in [6.45, 7) is 4.06. The Labute approximate surface area is 184 Å². The molecule has 0 atom stereocenters. The van der Waals surface area contributed by atoms with E-state index in [1.54, 1.807) is 0 Å². The van der Waals surface area contributed by atoms with E-state index < -0.39 is 0 Å². The van der Waals surface area contributed by atoms with Gasteiger partial charge in [0.25, 0.3) is 0 Å². The third-order valence-corrected chi connectivity index (χ3v) is 6.25. The fourth-order valence-corrected chi connectivity index (χ4v) is 4.66. The van der Waals surface area contributed by atoms with Gasteiger partial charge in [-0.1, -0.05) is 73.2 Å². The highest BCUT2D eigenvalue weighted by molar-refractivity contribution is 6.41.